The third kappa shape index (κ3) is 6.44. The van der Waals surface area contributed by atoms with Gasteiger partial charge in [-0.05, 0) is 80.1 Å². The SMILES string of the molecule is C=C[C@@H](CC)[C@H](N)CN(C(=O)[C@@H]1C[C@H]1c1cccc(F)n1)c1ccc(-c2ccc(OC(C)C)cc2)cc1. The maximum Gasteiger partial charge on any atom is 0.230 e. The molecular formula is C31H36FN3O2. The molecular weight excluding hydrogens is 465 g/mol. The average molecular weight is 502 g/mol. The molecule has 0 spiro atoms. The first-order chi connectivity index (χ1) is 17.8. The fraction of sp³-hybridized carbons (Fsp3) is 0.355. The summed E-state index contributed by atoms with van der Waals surface area (Å²) in [5.74, 6) is 0.0910. The summed E-state index contributed by atoms with van der Waals surface area (Å²) in [4.78, 5) is 19.5. The number of ether oxygens (including phenoxy) is 1. The summed E-state index contributed by atoms with van der Waals surface area (Å²) in [6, 6.07) is 20.4. The van der Waals surface area contributed by atoms with Gasteiger partial charge in [0, 0.05) is 35.8 Å². The molecule has 194 valence electrons. The van der Waals surface area contributed by atoms with Gasteiger partial charge in [0.2, 0.25) is 11.9 Å². The fourth-order valence-corrected chi connectivity index (χ4v) is 4.77. The lowest BCUT2D eigenvalue weighted by molar-refractivity contribution is -0.120. The fourth-order valence-electron chi connectivity index (χ4n) is 4.77. The number of halogens is 1. The second kappa shape index (κ2) is 11.7. The first kappa shape index (κ1) is 26.6. The van der Waals surface area contributed by atoms with E-state index in [2.05, 4.69) is 18.5 Å². The van der Waals surface area contributed by atoms with Gasteiger partial charge in [-0.2, -0.15) is 4.39 Å². The second-order valence-electron chi connectivity index (χ2n) is 9.99. The third-order valence-corrected chi connectivity index (χ3v) is 6.95. The summed E-state index contributed by atoms with van der Waals surface area (Å²) in [5.41, 5.74) is 10.1. The van der Waals surface area contributed by atoms with Crippen LogP contribution in [0.3, 0.4) is 0 Å². The van der Waals surface area contributed by atoms with E-state index in [-0.39, 0.29) is 35.8 Å². The Morgan fingerprint density at radius 3 is 2.35 bits per heavy atom. The van der Waals surface area contributed by atoms with Crippen LogP contribution in [0, 0.1) is 17.8 Å². The lowest BCUT2D eigenvalue weighted by Crippen LogP contribution is -2.45. The molecule has 2 aromatic carbocycles. The van der Waals surface area contributed by atoms with Gasteiger partial charge in [-0.3, -0.25) is 4.79 Å². The summed E-state index contributed by atoms with van der Waals surface area (Å²) in [6.07, 6.45) is 3.49. The molecule has 0 radical (unpaired) electrons. The van der Waals surface area contributed by atoms with Crippen LogP contribution in [-0.4, -0.2) is 29.6 Å². The van der Waals surface area contributed by atoms with Crippen molar-refractivity contribution in [2.75, 3.05) is 11.4 Å². The Balaban J connectivity index is 1.55. The zero-order chi connectivity index (χ0) is 26.5. The summed E-state index contributed by atoms with van der Waals surface area (Å²) >= 11 is 0. The largest absolute Gasteiger partial charge is 0.491 e. The summed E-state index contributed by atoms with van der Waals surface area (Å²) in [7, 11) is 0. The monoisotopic (exact) mass is 501 g/mol. The Morgan fingerprint density at radius 2 is 1.78 bits per heavy atom. The van der Waals surface area contributed by atoms with Crippen LogP contribution >= 0.6 is 0 Å². The predicted molar refractivity (Wildman–Crippen MR) is 147 cm³/mol. The number of hydrogen-bond acceptors (Lipinski definition) is 4. The van der Waals surface area contributed by atoms with Crippen molar-refractivity contribution in [2.45, 2.75) is 51.7 Å². The maximum atomic E-state index is 13.7. The zero-order valence-electron chi connectivity index (χ0n) is 21.8. The molecule has 1 aromatic heterocycles. The molecule has 37 heavy (non-hydrogen) atoms. The van der Waals surface area contributed by atoms with Gasteiger partial charge in [0.25, 0.3) is 0 Å². The minimum atomic E-state index is -0.523. The molecule has 2 N–H and O–H groups in total. The van der Waals surface area contributed by atoms with Crippen LogP contribution in [-0.2, 0) is 4.79 Å². The van der Waals surface area contributed by atoms with Crippen molar-refractivity contribution >= 4 is 11.6 Å². The van der Waals surface area contributed by atoms with E-state index >= 15 is 0 Å². The van der Waals surface area contributed by atoms with Crippen molar-refractivity contribution in [1.82, 2.24) is 4.98 Å². The van der Waals surface area contributed by atoms with E-state index in [4.69, 9.17) is 10.5 Å². The highest BCUT2D eigenvalue weighted by atomic mass is 19.1. The van der Waals surface area contributed by atoms with Crippen molar-refractivity contribution in [3.63, 3.8) is 0 Å². The van der Waals surface area contributed by atoms with E-state index in [0.29, 0.717) is 18.7 Å². The van der Waals surface area contributed by atoms with E-state index in [9.17, 15) is 9.18 Å². The van der Waals surface area contributed by atoms with Crippen LogP contribution < -0.4 is 15.4 Å². The Morgan fingerprint density at radius 1 is 1.14 bits per heavy atom. The van der Waals surface area contributed by atoms with Gasteiger partial charge in [0.05, 0.1) is 6.10 Å². The maximum absolute atomic E-state index is 13.7. The zero-order valence-corrected chi connectivity index (χ0v) is 21.8. The normalized spacial score (nSPS) is 18.2. The number of rotatable bonds is 11. The first-order valence-corrected chi connectivity index (χ1v) is 13.0. The van der Waals surface area contributed by atoms with Crippen molar-refractivity contribution in [3.8, 4) is 16.9 Å². The van der Waals surface area contributed by atoms with E-state index in [1.54, 1.807) is 17.0 Å². The predicted octanol–water partition coefficient (Wildman–Crippen LogP) is 6.35. The second-order valence-corrected chi connectivity index (χ2v) is 9.99. The van der Waals surface area contributed by atoms with Gasteiger partial charge < -0.3 is 15.4 Å². The number of nitrogens with two attached hydrogens (primary N) is 1. The third-order valence-electron chi connectivity index (χ3n) is 6.95. The highest BCUT2D eigenvalue weighted by Crippen LogP contribution is 2.48. The molecule has 4 atom stereocenters. The standard InChI is InChI=1S/C31H36FN3O2/c1-5-21(6-2)28(33)19-35(31(36)27-18-26(27)29-8-7-9-30(32)34-29)24-14-10-22(11-15-24)23-12-16-25(17-13-23)37-20(3)4/h5,7-17,20-21,26-28H,1,6,18-19,33H2,2-4H3/t21-,26+,27+,28+/m0/s1. The molecule has 1 amide bonds. The number of nitrogens with zero attached hydrogens (tertiary/aromatic N) is 2. The van der Waals surface area contributed by atoms with Crippen LogP contribution in [0.25, 0.3) is 11.1 Å². The number of hydrogen-bond donors (Lipinski definition) is 1. The molecule has 0 bridgehead atoms. The van der Waals surface area contributed by atoms with Gasteiger partial charge in [0.15, 0.2) is 0 Å². The van der Waals surface area contributed by atoms with Gasteiger partial charge in [-0.25, -0.2) is 4.98 Å². The van der Waals surface area contributed by atoms with Crippen molar-refractivity contribution in [1.29, 1.82) is 0 Å². The van der Waals surface area contributed by atoms with Crippen LogP contribution in [0.1, 0.15) is 45.2 Å². The molecule has 5 nitrogen and oxygen atoms in total. The quantitative estimate of drug-likeness (QED) is 0.246. The molecule has 3 aromatic rings. The minimum Gasteiger partial charge on any atom is -0.491 e. The smallest absolute Gasteiger partial charge is 0.230 e. The minimum absolute atomic E-state index is 0.00614. The van der Waals surface area contributed by atoms with E-state index < -0.39 is 5.95 Å². The molecule has 1 fully saturated rings. The number of amides is 1. The number of benzene rings is 2. The lowest BCUT2D eigenvalue weighted by atomic mass is 9.96. The summed E-state index contributed by atoms with van der Waals surface area (Å²) in [6.45, 7) is 10.4. The first-order valence-electron chi connectivity index (χ1n) is 13.0. The molecule has 0 saturated heterocycles. The van der Waals surface area contributed by atoms with Crippen LogP contribution in [0.2, 0.25) is 0 Å². The summed E-state index contributed by atoms with van der Waals surface area (Å²) in [5, 5.41) is 0. The number of carbonyl (C=O) groups is 1. The average Bonchev–Trinajstić information content (AvgIpc) is 3.69. The van der Waals surface area contributed by atoms with Gasteiger partial charge >= 0.3 is 0 Å². The van der Waals surface area contributed by atoms with E-state index in [0.717, 1.165) is 29.0 Å². The molecule has 1 aliphatic rings. The van der Waals surface area contributed by atoms with Gasteiger partial charge in [0.1, 0.15) is 5.75 Å². The number of aromatic nitrogens is 1. The molecule has 4 rings (SSSR count). The molecule has 0 unspecified atom stereocenters. The highest BCUT2D eigenvalue weighted by Gasteiger charge is 2.47. The number of pyridine rings is 1. The van der Waals surface area contributed by atoms with Crippen molar-refractivity contribution in [2.24, 2.45) is 17.6 Å². The van der Waals surface area contributed by atoms with Gasteiger partial charge in [-0.15, -0.1) is 6.58 Å². The van der Waals surface area contributed by atoms with Crippen LogP contribution in [0.4, 0.5) is 10.1 Å². The molecule has 6 heteroatoms. The topological polar surface area (TPSA) is 68.5 Å². The lowest BCUT2D eigenvalue weighted by Gasteiger charge is -2.29. The Bertz CT molecular complexity index is 1210. The number of anilines is 1. The van der Waals surface area contributed by atoms with E-state index in [1.165, 1.54) is 6.07 Å². The number of carbonyl (C=O) groups excluding carboxylic acids is 1. The molecule has 1 aliphatic carbocycles. The van der Waals surface area contributed by atoms with Crippen molar-refractivity contribution in [3.05, 3.63) is 91.0 Å². The molecule has 1 saturated carbocycles. The summed E-state index contributed by atoms with van der Waals surface area (Å²) < 4.78 is 19.4. The molecule has 1 heterocycles. The van der Waals surface area contributed by atoms with Crippen LogP contribution in [0.15, 0.2) is 79.4 Å². The van der Waals surface area contributed by atoms with Crippen molar-refractivity contribution < 1.29 is 13.9 Å². The molecule has 0 aliphatic heterocycles. The highest BCUT2D eigenvalue weighted by molar-refractivity contribution is 5.97. The van der Waals surface area contributed by atoms with E-state index in [1.807, 2.05) is 68.5 Å². The Labute approximate surface area is 219 Å². The van der Waals surface area contributed by atoms with Gasteiger partial charge in [-0.1, -0.05) is 43.3 Å². The Kier molecular flexibility index (Phi) is 8.39. The van der Waals surface area contributed by atoms with Crippen LogP contribution in [0.5, 0.6) is 5.75 Å². The Hall–Kier alpha value is -3.51.